The summed E-state index contributed by atoms with van der Waals surface area (Å²) >= 11 is 11.9. The summed E-state index contributed by atoms with van der Waals surface area (Å²) < 4.78 is 0. The van der Waals surface area contributed by atoms with Crippen molar-refractivity contribution < 1.29 is 4.79 Å². The van der Waals surface area contributed by atoms with E-state index in [1.54, 1.807) is 41.7 Å². The average Bonchev–Trinajstić information content (AvgIpc) is 2.99. The summed E-state index contributed by atoms with van der Waals surface area (Å²) in [6.45, 7) is 1.30. The van der Waals surface area contributed by atoms with E-state index in [9.17, 15) is 4.79 Å². The lowest BCUT2D eigenvalue weighted by Crippen LogP contribution is -2.31. The van der Waals surface area contributed by atoms with E-state index in [2.05, 4.69) is 15.3 Å². The van der Waals surface area contributed by atoms with E-state index >= 15 is 0 Å². The molecule has 114 valence electrons. The summed E-state index contributed by atoms with van der Waals surface area (Å²) in [6, 6.07) is 5.29. The zero-order valence-electron chi connectivity index (χ0n) is 11.7. The van der Waals surface area contributed by atoms with Crippen LogP contribution in [0.25, 0.3) is 0 Å². The fraction of sp³-hybridized carbons (Fsp3) is 0.267. The first kappa shape index (κ1) is 15.1. The molecule has 0 aliphatic carbocycles. The van der Waals surface area contributed by atoms with Gasteiger partial charge in [-0.15, -0.1) is 0 Å². The van der Waals surface area contributed by atoms with Crippen LogP contribution in [0.2, 0.25) is 10.0 Å². The van der Waals surface area contributed by atoms with Crippen LogP contribution >= 0.6 is 23.2 Å². The van der Waals surface area contributed by atoms with Gasteiger partial charge in [-0.1, -0.05) is 23.2 Å². The number of anilines is 1. The van der Waals surface area contributed by atoms with Gasteiger partial charge in [0.05, 0.1) is 15.6 Å². The molecule has 3 rings (SSSR count). The van der Waals surface area contributed by atoms with Gasteiger partial charge in [-0.3, -0.25) is 9.78 Å². The van der Waals surface area contributed by atoms with E-state index in [0.29, 0.717) is 34.5 Å². The van der Waals surface area contributed by atoms with Crippen molar-refractivity contribution in [3.63, 3.8) is 0 Å². The summed E-state index contributed by atoms with van der Waals surface area (Å²) in [5.41, 5.74) is 0.603. The molecule has 1 saturated heterocycles. The molecule has 0 spiro atoms. The highest BCUT2D eigenvalue weighted by Gasteiger charge is 2.27. The van der Waals surface area contributed by atoms with E-state index in [-0.39, 0.29) is 11.9 Å². The average molecular weight is 337 g/mol. The molecule has 1 amide bonds. The molecule has 3 heterocycles. The molecule has 1 aliphatic heterocycles. The Morgan fingerprint density at radius 2 is 2.23 bits per heavy atom. The summed E-state index contributed by atoms with van der Waals surface area (Å²) in [6.07, 6.45) is 5.62. The van der Waals surface area contributed by atoms with Crippen molar-refractivity contribution in [2.24, 2.45) is 0 Å². The van der Waals surface area contributed by atoms with Gasteiger partial charge in [0.1, 0.15) is 5.82 Å². The van der Waals surface area contributed by atoms with Crippen molar-refractivity contribution in [1.82, 2.24) is 14.9 Å². The first-order valence-corrected chi connectivity index (χ1v) is 7.66. The molecule has 0 radical (unpaired) electrons. The Balaban J connectivity index is 1.64. The van der Waals surface area contributed by atoms with Crippen molar-refractivity contribution in [1.29, 1.82) is 0 Å². The summed E-state index contributed by atoms with van der Waals surface area (Å²) in [5, 5.41) is 4.23. The third-order valence-corrected chi connectivity index (χ3v) is 4.03. The Labute approximate surface area is 138 Å². The molecule has 1 N–H and O–H groups in total. The Morgan fingerprint density at radius 3 is 2.95 bits per heavy atom. The van der Waals surface area contributed by atoms with Crippen LogP contribution < -0.4 is 5.32 Å². The number of aromatic nitrogens is 2. The van der Waals surface area contributed by atoms with Crippen molar-refractivity contribution in [3.05, 3.63) is 52.4 Å². The smallest absolute Gasteiger partial charge is 0.255 e. The molecule has 22 heavy (non-hydrogen) atoms. The number of hydrogen-bond acceptors (Lipinski definition) is 4. The lowest BCUT2D eigenvalue weighted by Gasteiger charge is -2.17. The number of nitrogens with one attached hydrogen (secondary N) is 1. The number of carbonyl (C=O) groups is 1. The lowest BCUT2D eigenvalue weighted by atomic mass is 10.2. The minimum Gasteiger partial charge on any atom is -0.364 e. The number of nitrogens with zero attached hydrogens (tertiary/aromatic N) is 3. The van der Waals surface area contributed by atoms with Gasteiger partial charge in [-0.05, 0) is 24.6 Å². The van der Waals surface area contributed by atoms with Gasteiger partial charge < -0.3 is 10.2 Å². The largest absolute Gasteiger partial charge is 0.364 e. The van der Waals surface area contributed by atoms with Crippen LogP contribution in [0, 0.1) is 0 Å². The minimum absolute atomic E-state index is 0.00689. The number of carbonyl (C=O) groups excluding carboxylic acids is 1. The maximum atomic E-state index is 12.4. The van der Waals surface area contributed by atoms with E-state index in [4.69, 9.17) is 23.2 Å². The zero-order chi connectivity index (χ0) is 15.5. The van der Waals surface area contributed by atoms with Gasteiger partial charge in [0.15, 0.2) is 0 Å². The number of halogens is 2. The topological polar surface area (TPSA) is 58.1 Å². The molecule has 1 atom stereocenters. The maximum Gasteiger partial charge on any atom is 0.255 e. The predicted octanol–water partition coefficient (Wildman–Crippen LogP) is 3.11. The lowest BCUT2D eigenvalue weighted by molar-refractivity contribution is 0.0791. The highest BCUT2D eigenvalue weighted by Crippen LogP contribution is 2.25. The van der Waals surface area contributed by atoms with Crippen LogP contribution in [-0.4, -0.2) is 39.9 Å². The second-order valence-corrected chi connectivity index (χ2v) is 5.95. The summed E-state index contributed by atoms with van der Waals surface area (Å²) in [7, 11) is 0. The Morgan fingerprint density at radius 1 is 1.36 bits per heavy atom. The fourth-order valence-electron chi connectivity index (χ4n) is 2.45. The second-order valence-electron chi connectivity index (χ2n) is 5.11. The van der Waals surface area contributed by atoms with E-state index in [0.717, 1.165) is 6.42 Å². The van der Waals surface area contributed by atoms with E-state index < -0.39 is 0 Å². The Bertz CT molecular complexity index is 680. The zero-order valence-corrected chi connectivity index (χ0v) is 13.2. The van der Waals surface area contributed by atoms with Crippen molar-refractivity contribution in [3.8, 4) is 0 Å². The van der Waals surface area contributed by atoms with Crippen LogP contribution in [-0.2, 0) is 0 Å². The molecule has 2 aromatic rings. The van der Waals surface area contributed by atoms with Crippen molar-refractivity contribution >= 4 is 34.9 Å². The number of likely N-dealkylation sites (tertiary alicyclic amines) is 1. The summed E-state index contributed by atoms with van der Waals surface area (Å²) in [5.74, 6) is 0.583. The van der Waals surface area contributed by atoms with Crippen LogP contribution in [0.3, 0.4) is 0 Å². The van der Waals surface area contributed by atoms with Gasteiger partial charge >= 0.3 is 0 Å². The van der Waals surface area contributed by atoms with Gasteiger partial charge in [0, 0.05) is 37.7 Å². The van der Waals surface area contributed by atoms with Crippen LogP contribution in [0.4, 0.5) is 5.82 Å². The first-order valence-electron chi connectivity index (χ1n) is 6.90. The third kappa shape index (κ3) is 3.31. The number of rotatable bonds is 3. The molecule has 5 nitrogen and oxygen atoms in total. The van der Waals surface area contributed by atoms with Crippen LogP contribution in [0.5, 0.6) is 0 Å². The van der Waals surface area contributed by atoms with Gasteiger partial charge in [-0.2, -0.15) is 0 Å². The van der Waals surface area contributed by atoms with Crippen LogP contribution in [0.1, 0.15) is 16.8 Å². The normalized spacial score (nSPS) is 17.5. The molecule has 1 fully saturated rings. The molecule has 1 aliphatic rings. The Hall–Kier alpha value is -1.85. The van der Waals surface area contributed by atoms with Crippen LogP contribution in [0.15, 0.2) is 36.8 Å². The van der Waals surface area contributed by atoms with E-state index in [1.165, 1.54) is 0 Å². The Kier molecular flexibility index (Phi) is 4.45. The monoisotopic (exact) mass is 336 g/mol. The molecule has 0 aromatic carbocycles. The summed E-state index contributed by atoms with van der Waals surface area (Å²) in [4.78, 5) is 22.3. The van der Waals surface area contributed by atoms with Gasteiger partial charge in [0.25, 0.3) is 5.91 Å². The standard InChI is InChI=1S/C15H14Cl2N4O/c16-11-6-13(17)14(19-8-11)20-12-3-5-21(9-12)15(22)10-2-1-4-18-7-10/h1-2,4,6-8,12H,3,5,9H2,(H,19,20). The SMILES string of the molecule is O=C(c1cccnc1)N1CCC(Nc2ncc(Cl)cc2Cl)C1. The minimum atomic E-state index is -0.00689. The maximum absolute atomic E-state index is 12.4. The highest BCUT2D eigenvalue weighted by molar-refractivity contribution is 6.35. The third-order valence-electron chi connectivity index (χ3n) is 3.53. The van der Waals surface area contributed by atoms with E-state index in [1.807, 2.05) is 0 Å². The van der Waals surface area contributed by atoms with Gasteiger partial charge in [0.2, 0.25) is 0 Å². The molecular weight excluding hydrogens is 323 g/mol. The second kappa shape index (κ2) is 6.50. The molecule has 0 saturated carbocycles. The molecule has 2 aromatic heterocycles. The number of hydrogen-bond donors (Lipinski definition) is 1. The molecule has 7 heteroatoms. The molecular formula is C15H14Cl2N4O. The van der Waals surface area contributed by atoms with Crippen molar-refractivity contribution in [2.75, 3.05) is 18.4 Å². The predicted molar refractivity (Wildman–Crippen MR) is 86.4 cm³/mol. The molecule has 0 bridgehead atoms. The van der Waals surface area contributed by atoms with Crippen molar-refractivity contribution in [2.45, 2.75) is 12.5 Å². The highest BCUT2D eigenvalue weighted by atomic mass is 35.5. The quantitative estimate of drug-likeness (QED) is 0.935. The number of pyridine rings is 2. The molecule has 1 unspecified atom stereocenters. The number of amides is 1. The first-order chi connectivity index (χ1) is 10.6. The van der Waals surface area contributed by atoms with Gasteiger partial charge in [-0.25, -0.2) is 4.98 Å². The fourth-order valence-corrected chi connectivity index (χ4v) is 2.88.